The number of halogens is 2. The maximum absolute atomic E-state index is 12.3. The van der Waals surface area contributed by atoms with Crippen molar-refractivity contribution in [3.63, 3.8) is 0 Å². The Morgan fingerprint density at radius 2 is 1.92 bits per heavy atom. The van der Waals surface area contributed by atoms with Crippen LogP contribution in [0.15, 0.2) is 30.5 Å². The van der Waals surface area contributed by atoms with Crippen LogP contribution in [0, 0.1) is 20.8 Å². The second kappa shape index (κ2) is 7.51. The first-order chi connectivity index (χ1) is 12.3. The Labute approximate surface area is 161 Å². The van der Waals surface area contributed by atoms with E-state index in [-0.39, 0.29) is 12.5 Å². The monoisotopic (exact) mass is 391 g/mol. The fourth-order valence-electron chi connectivity index (χ4n) is 2.74. The molecule has 6 nitrogen and oxygen atoms in total. The average molecular weight is 392 g/mol. The van der Waals surface area contributed by atoms with Crippen molar-refractivity contribution in [2.45, 2.75) is 33.9 Å². The first-order valence-corrected chi connectivity index (χ1v) is 8.87. The van der Waals surface area contributed by atoms with Gasteiger partial charge in [-0.15, -0.1) is 0 Å². The molecule has 0 radical (unpaired) electrons. The molecule has 1 aromatic carbocycles. The van der Waals surface area contributed by atoms with Gasteiger partial charge in [0, 0.05) is 11.2 Å². The predicted molar refractivity (Wildman–Crippen MR) is 103 cm³/mol. The summed E-state index contributed by atoms with van der Waals surface area (Å²) in [4.78, 5) is 12.3. The van der Waals surface area contributed by atoms with Gasteiger partial charge in [-0.3, -0.25) is 14.2 Å². The van der Waals surface area contributed by atoms with Gasteiger partial charge in [-0.05, 0) is 38.5 Å². The van der Waals surface area contributed by atoms with Crippen LogP contribution >= 0.6 is 23.2 Å². The van der Waals surface area contributed by atoms with Crippen LogP contribution in [0.4, 0.5) is 5.69 Å². The van der Waals surface area contributed by atoms with Gasteiger partial charge in [0.05, 0.1) is 34.3 Å². The van der Waals surface area contributed by atoms with Crippen LogP contribution in [-0.4, -0.2) is 25.5 Å². The summed E-state index contributed by atoms with van der Waals surface area (Å²) in [7, 11) is 0. The summed E-state index contributed by atoms with van der Waals surface area (Å²) in [6.45, 7) is 6.26. The Bertz CT molecular complexity index is 941. The van der Waals surface area contributed by atoms with Crippen molar-refractivity contribution < 1.29 is 4.79 Å². The third-order valence-corrected chi connectivity index (χ3v) is 4.67. The van der Waals surface area contributed by atoms with Crippen molar-refractivity contribution in [1.82, 2.24) is 19.6 Å². The van der Waals surface area contributed by atoms with Gasteiger partial charge in [0.15, 0.2) is 0 Å². The van der Waals surface area contributed by atoms with Crippen LogP contribution in [0.3, 0.4) is 0 Å². The average Bonchev–Trinajstić information content (AvgIpc) is 3.01. The van der Waals surface area contributed by atoms with E-state index in [1.165, 1.54) is 4.68 Å². The number of benzene rings is 1. The largest absolute Gasteiger partial charge is 0.321 e. The molecule has 8 heteroatoms. The SMILES string of the molecule is Cc1nn(CC(=O)Nc2c(C)nn(Cc3cccc(Cl)c3)c2C)cc1Cl. The number of nitrogens with zero attached hydrogens (tertiary/aromatic N) is 4. The van der Waals surface area contributed by atoms with Gasteiger partial charge in [-0.2, -0.15) is 10.2 Å². The van der Waals surface area contributed by atoms with Crippen LogP contribution in [0.1, 0.15) is 22.6 Å². The quantitative estimate of drug-likeness (QED) is 0.714. The fourth-order valence-corrected chi connectivity index (χ4v) is 3.10. The summed E-state index contributed by atoms with van der Waals surface area (Å²) in [5.41, 5.74) is 4.09. The van der Waals surface area contributed by atoms with Gasteiger partial charge in [-0.1, -0.05) is 35.3 Å². The molecule has 0 aliphatic rings. The van der Waals surface area contributed by atoms with Crippen LogP contribution in [0.5, 0.6) is 0 Å². The van der Waals surface area contributed by atoms with Crippen LogP contribution in [0.25, 0.3) is 0 Å². The maximum Gasteiger partial charge on any atom is 0.246 e. The summed E-state index contributed by atoms with van der Waals surface area (Å²) in [6, 6.07) is 7.63. The molecule has 2 heterocycles. The number of hydrogen-bond acceptors (Lipinski definition) is 3. The minimum Gasteiger partial charge on any atom is -0.321 e. The number of anilines is 1. The molecule has 0 unspecified atom stereocenters. The van der Waals surface area contributed by atoms with Crippen molar-refractivity contribution in [3.05, 3.63) is 63.2 Å². The van der Waals surface area contributed by atoms with Crippen LogP contribution in [0.2, 0.25) is 10.0 Å². The number of hydrogen-bond donors (Lipinski definition) is 1. The van der Waals surface area contributed by atoms with Gasteiger partial charge in [0.2, 0.25) is 5.91 Å². The first-order valence-electron chi connectivity index (χ1n) is 8.11. The van der Waals surface area contributed by atoms with E-state index in [0.29, 0.717) is 28.0 Å². The van der Waals surface area contributed by atoms with Gasteiger partial charge in [-0.25, -0.2) is 0 Å². The third kappa shape index (κ3) is 4.08. The fraction of sp³-hybridized carbons (Fsp3) is 0.278. The second-order valence-electron chi connectivity index (χ2n) is 6.14. The van der Waals surface area contributed by atoms with Gasteiger partial charge in [0.25, 0.3) is 0 Å². The summed E-state index contributed by atoms with van der Waals surface area (Å²) in [6.07, 6.45) is 1.64. The van der Waals surface area contributed by atoms with Gasteiger partial charge >= 0.3 is 0 Å². The zero-order chi connectivity index (χ0) is 18.8. The lowest BCUT2D eigenvalue weighted by atomic mass is 10.2. The standard InChI is InChI=1S/C18H19Cl2N5O/c1-11-16(20)9-24(22-11)10-17(26)21-18-12(2)23-25(13(18)3)8-14-5-4-6-15(19)7-14/h4-7,9H,8,10H2,1-3H3,(H,21,26). The molecule has 0 fully saturated rings. The molecule has 0 saturated heterocycles. The van der Waals surface area contributed by atoms with Gasteiger partial charge < -0.3 is 5.32 Å². The Hall–Kier alpha value is -2.31. The number of aryl methyl sites for hydroxylation is 2. The Balaban J connectivity index is 1.74. The zero-order valence-corrected chi connectivity index (χ0v) is 16.3. The highest BCUT2D eigenvalue weighted by molar-refractivity contribution is 6.31. The number of amides is 1. The molecule has 2 aromatic heterocycles. The molecule has 1 amide bonds. The summed E-state index contributed by atoms with van der Waals surface area (Å²) < 4.78 is 3.37. The molecule has 136 valence electrons. The summed E-state index contributed by atoms with van der Waals surface area (Å²) in [5, 5.41) is 12.9. The molecule has 3 rings (SSSR count). The van der Waals surface area contributed by atoms with Crippen molar-refractivity contribution in [2.75, 3.05) is 5.32 Å². The lowest BCUT2D eigenvalue weighted by Crippen LogP contribution is -2.20. The Morgan fingerprint density at radius 1 is 1.15 bits per heavy atom. The molecular weight excluding hydrogens is 373 g/mol. The van der Waals surface area contributed by atoms with E-state index in [2.05, 4.69) is 15.5 Å². The lowest BCUT2D eigenvalue weighted by molar-refractivity contribution is -0.116. The predicted octanol–water partition coefficient (Wildman–Crippen LogP) is 4.00. The van der Waals surface area contributed by atoms with Crippen molar-refractivity contribution in [3.8, 4) is 0 Å². The molecule has 0 atom stereocenters. The first kappa shape index (κ1) is 18.5. The number of carbonyl (C=O) groups excluding carboxylic acids is 1. The van der Waals surface area contributed by atoms with Gasteiger partial charge in [0.1, 0.15) is 6.54 Å². The lowest BCUT2D eigenvalue weighted by Gasteiger charge is -2.08. The number of rotatable bonds is 5. The molecule has 0 aliphatic carbocycles. The molecule has 0 spiro atoms. The highest BCUT2D eigenvalue weighted by atomic mass is 35.5. The molecule has 1 N–H and O–H groups in total. The maximum atomic E-state index is 12.3. The zero-order valence-electron chi connectivity index (χ0n) is 14.8. The minimum atomic E-state index is -0.183. The van der Waals surface area contributed by atoms with Crippen LogP contribution < -0.4 is 5.32 Å². The van der Waals surface area contributed by atoms with Crippen molar-refractivity contribution in [2.24, 2.45) is 0 Å². The van der Waals surface area contributed by atoms with E-state index in [9.17, 15) is 4.79 Å². The third-order valence-electron chi connectivity index (χ3n) is 4.06. The molecule has 26 heavy (non-hydrogen) atoms. The number of carbonyl (C=O) groups is 1. The van der Waals surface area contributed by atoms with E-state index in [1.807, 2.05) is 42.8 Å². The van der Waals surface area contributed by atoms with E-state index in [1.54, 1.807) is 13.1 Å². The Morgan fingerprint density at radius 3 is 2.58 bits per heavy atom. The molecular formula is C18H19Cl2N5O. The topological polar surface area (TPSA) is 64.7 Å². The highest BCUT2D eigenvalue weighted by Crippen LogP contribution is 2.21. The van der Waals surface area contributed by atoms with Crippen molar-refractivity contribution >= 4 is 34.8 Å². The summed E-state index contributed by atoms with van der Waals surface area (Å²) in [5.74, 6) is -0.183. The normalized spacial score (nSPS) is 11.0. The molecule has 3 aromatic rings. The number of nitrogens with one attached hydrogen (secondary N) is 1. The molecule has 0 saturated carbocycles. The smallest absolute Gasteiger partial charge is 0.246 e. The van der Waals surface area contributed by atoms with E-state index < -0.39 is 0 Å². The summed E-state index contributed by atoms with van der Waals surface area (Å²) >= 11 is 12.0. The van der Waals surface area contributed by atoms with Crippen molar-refractivity contribution in [1.29, 1.82) is 0 Å². The Kier molecular flexibility index (Phi) is 5.34. The van der Waals surface area contributed by atoms with E-state index in [0.717, 1.165) is 17.0 Å². The second-order valence-corrected chi connectivity index (χ2v) is 6.99. The van der Waals surface area contributed by atoms with E-state index in [4.69, 9.17) is 23.2 Å². The molecule has 0 aliphatic heterocycles. The van der Waals surface area contributed by atoms with Crippen LogP contribution in [-0.2, 0) is 17.9 Å². The molecule has 0 bridgehead atoms. The minimum absolute atomic E-state index is 0.0892. The number of aromatic nitrogens is 4. The highest BCUT2D eigenvalue weighted by Gasteiger charge is 2.15. The van der Waals surface area contributed by atoms with E-state index >= 15 is 0 Å².